The van der Waals surface area contributed by atoms with Crippen LogP contribution < -0.4 is 4.72 Å². The number of halogens is 3. The lowest BCUT2D eigenvalue weighted by Gasteiger charge is -2.20. The highest BCUT2D eigenvalue weighted by Crippen LogP contribution is 2.27. The minimum atomic E-state index is -4.03. The van der Waals surface area contributed by atoms with Crippen molar-refractivity contribution in [1.82, 2.24) is 9.62 Å². The van der Waals surface area contributed by atoms with Gasteiger partial charge in [-0.1, -0.05) is 65.1 Å². The summed E-state index contributed by atoms with van der Waals surface area (Å²) in [6.07, 6.45) is 1.44. The van der Waals surface area contributed by atoms with E-state index in [1.54, 1.807) is 0 Å². The highest BCUT2D eigenvalue weighted by atomic mass is 35.6. The molecule has 0 bridgehead atoms. The van der Waals surface area contributed by atoms with Gasteiger partial charge in [-0.15, -0.1) is 0 Å². The lowest BCUT2D eigenvalue weighted by Crippen LogP contribution is -2.33. The lowest BCUT2D eigenvalue weighted by molar-refractivity contribution is 0.310. The molecule has 0 amide bonds. The lowest BCUT2D eigenvalue weighted by atomic mass is 10.0. The zero-order valence-electron chi connectivity index (χ0n) is 13.0. The van der Waals surface area contributed by atoms with Crippen molar-refractivity contribution in [3.05, 3.63) is 35.9 Å². The smallest absolute Gasteiger partial charge is 0.309 e. The average molecular weight is 404 g/mol. The fourth-order valence-electron chi connectivity index (χ4n) is 1.94. The van der Waals surface area contributed by atoms with E-state index in [1.165, 1.54) is 0 Å². The molecule has 1 N–H and O–H groups in total. The number of benzene rings is 1. The summed E-state index contributed by atoms with van der Waals surface area (Å²) in [6, 6.07) is 8.88. The van der Waals surface area contributed by atoms with Crippen molar-refractivity contribution < 1.29 is 12.6 Å². The van der Waals surface area contributed by atoms with Crippen molar-refractivity contribution in [2.75, 3.05) is 27.2 Å². The van der Waals surface area contributed by atoms with Gasteiger partial charge in [0.1, 0.15) is 6.61 Å². The van der Waals surface area contributed by atoms with Crippen molar-refractivity contribution in [1.29, 1.82) is 0 Å². The van der Waals surface area contributed by atoms with Crippen LogP contribution in [0.3, 0.4) is 0 Å². The Bertz CT molecular complexity index is 562. The molecule has 0 aliphatic carbocycles. The second-order valence-electron chi connectivity index (χ2n) is 5.36. The molecule has 0 spiro atoms. The van der Waals surface area contributed by atoms with Gasteiger partial charge >= 0.3 is 10.3 Å². The van der Waals surface area contributed by atoms with Gasteiger partial charge < -0.3 is 4.90 Å². The van der Waals surface area contributed by atoms with Crippen molar-refractivity contribution in [2.24, 2.45) is 0 Å². The first-order chi connectivity index (χ1) is 10.6. The van der Waals surface area contributed by atoms with Crippen LogP contribution in [0.15, 0.2) is 30.3 Å². The van der Waals surface area contributed by atoms with E-state index in [2.05, 4.69) is 4.72 Å². The summed E-state index contributed by atoms with van der Waals surface area (Å²) in [4.78, 5) is 2.04. The number of nitrogens with zero attached hydrogens (tertiary/aromatic N) is 1. The summed E-state index contributed by atoms with van der Waals surface area (Å²) in [6.45, 7) is 0.298. The topological polar surface area (TPSA) is 58.6 Å². The van der Waals surface area contributed by atoms with Crippen LogP contribution in [0.2, 0.25) is 0 Å². The van der Waals surface area contributed by atoms with E-state index in [0.717, 1.165) is 18.5 Å². The molecule has 23 heavy (non-hydrogen) atoms. The summed E-state index contributed by atoms with van der Waals surface area (Å²) in [7, 11) is -0.102. The quantitative estimate of drug-likeness (QED) is 0.643. The van der Waals surface area contributed by atoms with Crippen molar-refractivity contribution in [3.8, 4) is 0 Å². The second-order valence-corrected chi connectivity index (χ2v) is 9.25. The largest absolute Gasteiger partial charge is 0.336 e. The molecule has 132 valence electrons. The molecule has 0 saturated carbocycles. The molecule has 0 heterocycles. The van der Waals surface area contributed by atoms with Crippen LogP contribution in [0.1, 0.15) is 24.4 Å². The highest BCUT2D eigenvalue weighted by Gasteiger charge is 2.26. The molecular formula is C14H21Cl3N2O3S. The van der Waals surface area contributed by atoms with Gasteiger partial charge in [0.2, 0.25) is 3.79 Å². The van der Waals surface area contributed by atoms with E-state index in [4.69, 9.17) is 39.0 Å². The van der Waals surface area contributed by atoms with E-state index >= 15 is 0 Å². The summed E-state index contributed by atoms with van der Waals surface area (Å²) in [5.74, 6) is 0. The Morgan fingerprint density at radius 2 is 1.83 bits per heavy atom. The molecule has 1 unspecified atom stereocenters. The highest BCUT2D eigenvalue weighted by molar-refractivity contribution is 7.84. The first-order valence-corrected chi connectivity index (χ1v) is 9.56. The van der Waals surface area contributed by atoms with Gasteiger partial charge in [0, 0.05) is 6.04 Å². The van der Waals surface area contributed by atoms with Crippen molar-refractivity contribution in [3.63, 3.8) is 0 Å². The second kappa shape index (κ2) is 9.42. The molecule has 1 aromatic carbocycles. The molecule has 0 radical (unpaired) electrons. The van der Waals surface area contributed by atoms with Crippen LogP contribution in [-0.2, 0) is 14.5 Å². The molecule has 9 heteroatoms. The molecule has 0 aromatic heterocycles. The van der Waals surface area contributed by atoms with Gasteiger partial charge in [-0.05, 0) is 39.0 Å². The zero-order valence-corrected chi connectivity index (χ0v) is 16.1. The molecule has 1 aromatic rings. The SMILES string of the molecule is CN(C)CCCC(NS(=O)(=O)OCC(Cl)(Cl)Cl)c1ccccc1. The average Bonchev–Trinajstić information content (AvgIpc) is 2.44. The first-order valence-electron chi connectivity index (χ1n) is 7.02. The van der Waals surface area contributed by atoms with Crippen LogP contribution in [0.25, 0.3) is 0 Å². The Morgan fingerprint density at radius 1 is 1.22 bits per heavy atom. The monoisotopic (exact) mass is 402 g/mol. The fraction of sp³-hybridized carbons (Fsp3) is 0.571. The standard InChI is InChI=1S/C14H21Cl3N2O3S/c1-19(2)10-6-9-13(12-7-4-3-5-8-12)18-23(20,21)22-11-14(15,16)17/h3-5,7-8,13,18H,6,9-11H2,1-2H3. The van der Waals surface area contributed by atoms with Crippen LogP contribution in [0.4, 0.5) is 0 Å². The normalized spacial score (nSPS) is 14.2. The zero-order chi connectivity index (χ0) is 17.5. The van der Waals surface area contributed by atoms with Gasteiger partial charge in [0.25, 0.3) is 0 Å². The summed E-state index contributed by atoms with van der Waals surface area (Å²) in [5, 5.41) is 0. The molecule has 1 rings (SSSR count). The summed E-state index contributed by atoms with van der Waals surface area (Å²) in [5.41, 5.74) is 0.854. The van der Waals surface area contributed by atoms with Gasteiger partial charge in [-0.2, -0.15) is 13.1 Å². The minimum Gasteiger partial charge on any atom is -0.309 e. The molecule has 1 atom stereocenters. The number of nitrogens with one attached hydrogen (secondary N) is 1. The predicted molar refractivity (Wildman–Crippen MR) is 95.3 cm³/mol. The van der Waals surface area contributed by atoms with Gasteiger partial charge in [0.15, 0.2) is 0 Å². The van der Waals surface area contributed by atoms with Gasteiger partial charge in [-0.25, -0.2) is 0 Å². The Balaban J connectivity index is 2.76. The number of hydrogen-bond acceptors (Lipinski definition) is 4. The van der Waals surface area contributed by atoms with E-state index in [-0.39, 0.29) is 0 Å². The number of rotatable bonds is 9. The van der Waals surface area contributed by atoms with E-state index in [9.17, 15) is 8.42 Å². The Kier molecular flexibility index (Phi) is 8.58. The molecule has 0 saturated heterocycles. The maximum absolute atomic E-state index is 12.0. The molecule has 0 fully saturated rings. The van der Waals surface area contributed by atoms with Crippen LogP contribution in [0.5, 0.6) is 0 Å². The van der Waals surface area contributed by atoms with E-state index < -0.39 is 26.7 Å². The Labute approximate surface area is 153 Å². The van der Waals surface area contributed by atoms with Gasteiger partial charge in [-0.3, -0.25) is 4.18 Å². The number of alkyl halides is 3. The third-order valence-corrected chi connectivity index (χ3v) is 4.29. The fourth-order valence-corrected chi connectivity index (χ4v) is 3.30. The van der Waals surface area contributed by atoms with Crippen LogP contribution >= 0.6 is 34.8 Å². The van der Waals surface area contributed by atoms with Crippen LogP contribution in [0, 0.1) is 0 Å². The first kappa shape index (κ1) is 21.0. The van der Waals surface area contributed by atoms with E-state index in [1.807, 2.05) is 49.3 Å². The van der Waals surface area contributed by atoms with Crippen molar-refractivity contribution in [2.45, 2.75) is 22.7 Å². The summed E-state index contributed by atoms with van der Waals surface area (Å²) < 4.78 is 29.5. The molecular weight excluding hydrogens is 383 g/mol. The molecule has 5 nitrogen and oxygen atoms in total. The number of hydrogen-bond donors (Lipinski definition) is 1. The third kappa shape index (κ3) is 9.72. The Morgan fingerprint density at radius 3 is 2.35 bits per heavy atom. The maximum Gasteiger partial charge on any atom is 0.336 e. The minimum absolute atomic E-state index is 0.406. The molecule has 0 aliphatic rings. The maximum atomic E-state index is 12.0. The van der Waals surface area contributed by atoms with E-state index in [0.29, 0.717) is 6.42 Å². The third-order valence-electron chi connectivity index (χ3n) is 2.96. The van der Waals surface area contributed by atoms with Crippen LogP contribution in [-0.4, -0.2) is 44.4 Å². The predicted octanol–water partition coefficient (Wildman–Crippen LogP) is 3.29. The van der Waals surface area contributed by atoms with Gasteiger partial charge in [0.05, 0.1) is 0 Å². The summed E-state index contributed by atoms with van der Waals surface area (Å²) >= 11 is 16.6. The Hall–Kier alpha value is -0.0800. The molecule has 0 aliphatic heterocycles. The van der Waals surface area contributed by atoms with Crippen molar-refractivity contribution >= 4 is 45.1 Å².